The third-order valence-corrected chi connectivity index (χ3v) is 4.24. The van der Waals surface area contributed by atoms with Gasteiger partial charge in [0.05, 0.1) is 6.61 Å². The van der Waals surface area contributed by atoms with Crippen LogP contribution in [0.5, 0.6) is 0 Å². The second kappa shape index (κ2) is 9.48. The molecule has 0 aromatic carbocycles. The number of carbonyl (C=O) groups is 1. The maximum Gasteiger partial charge on any atom is 0.453 e. The minimum Gasteiger partial charge on any atom is -0.465 e. The first-order valence-electron chi connectivity index (χ1n) is 6.88. The van der Waals surface area contributed by atoms with Gasteiger partial charge in [-0.15, -0.1) is 11.8 Å². The van der Waals surface area contributed by atoms with E-state index >= 15 is 0 Å². The van der Waals surface area contributed by atoms with Gasteiger partial charge in [-0.05, 0) is 31.9 Å². The first kappa shape index (κ1) is 20.5. The Kier molecular flexibility index (Phi) is 9.24. The molecule has 2 nitrogen and oxygen atoms in total. The molecule has 0 fully saturated rings. The molecule has 21 heavy (non-hydrogen) atoms. The van der Waals surface area contributed by atoms with Crippen LogP contribution in [-0.4, -0.2) is 35.7 Å². The van der Waals surface area contributed by atoms with Crippen LogP contribution in [0, 0.1) is 0 Å². The minimum atomic E-state index is -5.47. The highest BCUT2D eigenvalue weighted by molar-refractivity contribution is 8.00. The van der Waals surface area contributed by atoms with E-state index in [1.54, 1.807) is 6.92 Å². The second-order valence-corrected chi connectivity index (χ2v) is 5.84. The summed E-state index contributed by atoms with van der Waals surface area (Å²) in [5, 5.41) is -0.304. The average molecular weight is 336 g/mol. The van der Waals surface area contributed by atoms with Crippen molar-refractivity contribution in [3.05, 3.63) is 0 Å². The van der Waals surface area contributed by atoms with E-state index < -0.39 is 18.5 Å². The van der Waals surface area contributed by atoms with Gasteiger partial charge in [0.15, 0.2) is 0 Å². The van der Waals surface area contributed by atoms with Crippen LogP contribution in [-0.2, 0) is 9.53 Å². The number of hydrogen-bond donors (Lipinski definition) is 0. The van der Waals surface area contributed by atoms with E-state index in [0.29, 0.717) is 25.2 Å². The van der Waals surface area contributed by atoms with E-state index in [9.17, 15) is 26.7 Å². The van der Waals surface area contributed by atoms with Crippen LogP contribution in [0.4, 0.5) is 22.0 Å². The smallest absolute Gasteiger partial charge is 0.453 e. The molecule has 0 amide bonds. The zero-order valence-corrected chi connectivity index (χ0v) is 13.0. The highest BCUT2D eigenvalue weighted by Crippen LogP contribution is 2.39. The van der Waals surface area contributed by atoms with Gasteiger partial charge in [0.25, 0.3) is 0 Å². The molecule has 0 N–H and O–H groups in total. The largest absolute Gasteiger partial charge is 0.465 e. The molecule has 0 aliphatic carbocycles. The fourth-order valence-corrected chi connectivity index (χ4v) is 2.68. The lowest BCUT2D eigenvalue weighted by molar-refractivity contribution is -0.284. The predicted octanol–water partition coefficient (Wildman–Crippen LogP) is 4.82. The summed E-state index contributed by atoms with van der Waals surface area (Å²) in [6.07, 6.45) is -5.49. The van der Waals surface area contributed by atoms with Crippen LogP contribution in [0.25, 0.3) is 0 Å². The monoisotopic (exact) mass is 336 g/mol. The molecule has 1 atom stereocenters. The molecule has 0 aromatic heterocycles. The van der Waals surface area contributed by atoms with Gasteiger partial charge in [0.2, 0.25) is 0 Å². The summed E-state index contributed by atoms with van der Waals surface area (Å²) in [6.45, 7) is 3.83. The number of carbonyl (C=O) groups excluding carboxylic acids is 1. The summed E-state index contributed by atoms with van der Waals surface area (Å²) in [4.78, 5) is 11.5. The maximum atomic E-state index is 12.6. The molecule has 0 aliphatic rings. The topological polar surface area (TPSA) is 26.3 Å². The van der Waals surface area contributed by atoms with Crippen molar-refractivity contribution in [3.63, 3.8) is 0 Å². The standard InChI is InChI=1S/C13H21F5O2S/c1-3-10(11(19)20-4-2)21-9-7-5-6-8-12(14,15)13(16,17)18/h10H,3-9H2,1-2H3. The Morgan fingerprint density at radius 3 is 2.19 bits per heavy atom. The maximum absolute atomic E-state index is 12.6. The molecule has 0 saturated heterocycles. The number of unbranched alkanes of at least 4 members (excludes halogenated alkanes) is 2. The van der Waals surface area contributed by atoms with Crippen molar-refractivity contribution in [1.82, 2.24) is 0 Å². The molecule has 0 radical (unpaired) electrons. The van der Waals surface area contributed by atoms with E-state index in [1.807, 2.05) is 6.92 Å². The van der Waals surface area contributed by atoms with E-state index in [4.69, 9.17) is 4.74 Å². The van der Waals surface area contributed by atoms with Crippen LogP contribution in [0.3, 0.4) is 0 Å². The first-order chi connectivity index (χ1) is 9.65. The predicted molar refractivity (Wildman–Crippen MR) is 72.6 cm³/mol. The van der Waals surface area contributed by atoms with Gasteiger partial charge in [-0.1, -0.05) is 13.3 Å². The Morgan fingerprint density at radius 2 is 1.71 bits per heavy atom. The quantitative estimate of drug-likeness (QED) is 0.325. The lowest BCUT2D eigenvalue weighted by Gasteiger charge is -2.19. The van der Waals surface area contributed by atoms with Crippen molar-refractivity contribution >= 4 is 17.7 Å². The van der Waals surface area contributed by atoms with E-state index in [1.165, 1.54) is 11.8 Å². The lowest BCUT2D eigenvalue weighted by Crippen LogP contribution is -2.36. The summed E-state index contributed by atoms with van der Waals surface area (Å²) >= 11 is 1.35. The van der Waals surface area contributed by atoms with E-state index in [2.05, 4.69) is 0 Å². The molecular weight excluding hydrogens is 315 g/mol. The number of esters is 1. The molecule has 126 valence electrons. The van der Waals surface area contributed by atoms with Crippen molar-refractivity contribution in [1.29, 1.82) is 0 Å². The van der Waals surface area contributed by atoms with Gasteiger partial charge in [-0.3, -0.25) is 4.79 Å². The van der Waals surface area contributed by atoms with Gasteiger partial charge in [0, 0.05) is 6.42 Å². The van der Waals surface area contributed by atoms with Gasteiger partial charge in [0.1, 0.15) is 5.25 Å². The Bertz CT molecular complexity index is 307. The van der Waals surface area contributed by atoms with Crippen molar-refractivity contribution in [3.8, 4) is 0 Å². The summed E-state index contributed by atoms with van der Waals surface area (Å²) in [5.74, 6) is -4.39. The summed E-state index contributed by atoms with van der Waals surface area (Å²) in [6, 6.07) is 0. The number of rotatable bonds is 10. The Hall–Kier alpha value is -0.530. The Balaban J connectivity index is 3.84. The van der Waals surface area contributed by atoms with Crippen molar-refractivity contribution in [2.24, 2.45) is 0 Å². The highest BCUT2D eigenvalue weighted by atomic mass is 32.2. The van der Waals surface area contributed by atoms with Crippen LogP contribution < -0.4 is 0 Å². The molecule has 0 aromatic rings. The molecule has 0 heterocycles. The fourth-order valence-electron chi connectivity index (χ4n) is 1.58. The molecule has 0 aliphatic heterocycles. The molecular formula is C13H21F5O2S. The molecule has 0 saturated carbocycles. The van der Waals surface area contributed by atoms with Crippen LogP contribution in [0.2, 0.25) is 0 Å². The molecule has 1 unspecified atom stereocenters. The normalized spacial score (nSPS) is 14.0. The van der Waals surface area contributed by atoms with Crippen molar-refractivity contribution in [2.45, 2.75) is 63.3 Å². The summed E-state index contributed by atoms with van der Waals surface area (Å²) in [5.41, 5.74) is 0. The van der Waals surface area contributed by atoms with Gasteiger partial charge in [-0.25, -0.2) is 0 Å². The van der Waals surface area contributed by atoms with Crippen molar-refractivity contribution < 1.29 is 31.5 Å². The minimum absolute atomic E-state index is 0.191. The summed E-state index contributed by atoms with van der Waals surface area (Å²) < 4.78 is 65.9. The van der Waals surface area contributed by atoms with Crippen LogP contribution in [0.15, 0.2) is 0 Å². The second-order valence-electron chi connectivity index (χ2n) is 4.53. The van der Waals surface area contributed by atoms with Gasteiger partial charge < -0.3 is 4.74 Å². The van der Waals surface area contributed by atoms with E-state index in [-0.39, 0.29) is 24.1 Å². The molecule has 0 rings (SSSR count). The van der Waals surface area contributed by atoms with Crippen LogP contribution in [0.1, 0.15) is 46.0 Å². The Morgan fingerprint density at radius 1 is 1.10 bits per heavy atom. The van der Waals surface area contributed by atoms with Gasteiger partial charge >= 0.3 is 18.1 Å². The fraction of sp³-hybridized carbons (Fsp3) is 0.923. The number of alkyl halides is 5. The van der Waals surface area contributed by atoms with Crippen LogP contribution >= 0.6 is 11.8 Å². The van der Waals surface area contributed by atoms with E-state index in [0.717, 1.165) is 0 Å². The number of hydrogen-bond acceptors (Lipinski definition) is 3. The zero-order valence-electron chi connectivity index (χ0n) is 12.1. The third kappa shape index (κ3) is 7.87. The number of thioether (sulfide) groups is 1. The Labute approximate surface area is 125 Å². The van der Waals surface area contributed by atoms with Crippen molar-refractivity contribution in [2.75, 3.05) is 12.4 Å². The molecule has 8 heteroatoms. The highest BCUT2D eigenvalue weighted by Gasteiger charge is 2.56. The van der Waals surface area contributed by atoms with Gasteiger partial charge in [-0.2, -0.15) is 22.0 Å². The number of halogens is 5. The first-order valence-corrected chi connectivity index (χ1v) is 7.93. The zero-order chi connectivity index (χ0) is 16.5. The average Bonchev–Trinajstić information content (AvgIpc) is 2.36. The number of ether oxygens (including phenoxy) is 1. The summed E-state index contributed by atoms with van der Waals surface area (Å²) in [7, 11) is 0. The molecule has 0 spiro atoms. The lowest BCUT2D eigenvalue weighted by atomic mass is 10.1. The molecule has 0 bridgehead atoms. The SMILES string of the molecule is CCOC(=O)C(CC)SCCCCCC(F)(F)C(F)(F)F. The third-order valence-electron chi connectivity index (χ3n) is 2.79.